The van der Waals surface area contributed by atoms with Gasteiger partial charge in [-0.25, -0.2) is 9.36 Å². The minimum Gasteiger partial charge on any atom is -0.414 e. The van der Waals surface area contributed by atoms with E-state index in [4.69, 9.17) is 4.43 Å². The molecule has 0 unspecified atom stereocenters. The Kier molecular flexibility index (Phi) is 6.12. The number of benzene rings is 1. The maximum atomic E-state index is 14.8. The van der Waals surface area contributed by atoms with Gasteiger partial charge < -0.3 is 9.22 Å². The van der Waals surface area contributed by atoms with Crippen LogP contribution in [-0.2, 0) is 20.3 Å². The quantitative estimate of drug-likeness (QED) is 0.215. The molecule has 3 fully saturated rings. The Labute approximate surface area is 257 Å². The largest absolute Gasteiger partial charge is 0.414 e. The molecule has 6 aliphatic rings. The van der Waals surface area contributed by atoms with Crippen molar-refractivity contribution in [3.63, 3.8) is 0 Å². The second-order valence-electron chi connectivity index (χ2n) is 16.9. The number of hydrogen-bond acceptors (Lipinski definition) is 4. The first kappa shape index (κ1) is 29.5. The average molecular weight is 603 g/mol. The normalized spacial score (nSPS) is 40.5. The van der Waals surface area contributed by atoms with E-state index in [2.05, 4.69) is 66.8 Å². The van der Waals surface area contributed by atoms with E-state index in [1.54, 1.807) is 0 Å². The monoisotopic (exact) mass is 602 g/mol. The summed E-state index contributed by atoms with van der Waals surface area (Å²) in [5.74, 6) is 0.682. The highest BCUT2D eigenvalue weighted by Gasteiger charge is 2.74. The van der Waals surface area contributed by atoms with E-state index in [1.165, 1.54) is 0 Å². The minimum absolute atomic E-state index is 0.0211. The van der Waals surface area contributed by atoms with Crippen LogP contribution in [0.15, 0.2) is 46.0 Å². The first-order valence-electron chi connectivity index (χ1n) is 16.7. The van der Waals surface area contributed by atoms with Crippen molar-refractivity contribution in [3.8, 4) is 0 Å². The van der Waals surface area contributed by atoms with Crippen LogP contribution in [0.4, 0.5) is 0 Å². The Morgan fingerprint density at radius 3 is 2.21 bits per heavy atom. The fourth-order valence-corrected chi connectivity index (χ4v) is 12.5. The number of carbonyl (C=O) groups excluding carboxylic acids is 1. The van der Waals surface area contributed by atoms with Crippen LogP contribution in [0.3, 0.4) is 0 Å². The van der Waals surface area contributed by atoms with Gasteiger partial charge in [0.1, 0.15) is 6.29 Å². The van der Waals surface area contributed by atoms with Gasteiger partial charge in [-0.05, 0) is 92.0 Å². The number of fused-ring (bicyclic) bond motifs is 2. The third-order valence-corrected chi connectivity index (χ3v) is 18.8. The topological polar surface area (TPSA) is 70.3 Å². The molecule has 6 nitrogen and oxygen atoms in total. The summed E-state index contributed by atoms with van der Waals surface area (Å²) in [7, 11) is -2.06. The molecule has 2 spiro atoms. The lowest BCUT2D eigenvalue weighted by molar-refractivity contribution is -0.200. The molecule has 232 valence electrons. The zero-order valence-electron chi connectivity index (χ0n) is 27.4. The fraction of sp³-hybridized carbons (Fsp3) is 0.694. The van der Waals surface area contributed by atoms with Crippen molar-refractivity contribution in [1.29, 1.82) is 0 Å². The van der Waals surface area contributed by atoms with Gasteiger partial charge in [-0.15, -0.1) is 0 Å². The van der Waals surface area contributed by atoms with E-state index in [1.807, 2.05) is 33.6 Å². The molecule has 7 heteroatoms. The Bertz CT molecular complexity index is 1670. The van der Waals surface area contributed by atoms with Crippen molar-refractivity contribution in [1.82, 2.24) is 9.36 Å². The molecule has 3 heterocycles. The minimum atomic E-state index is -2.06. The van der Waals surface area contributed by atoms with Gasteiger partial charge in [0.25, 0.3) is 11.1 Å². The van der Waals surface area contributed by atoms with Crippen LogP contribution in [0.25, 0.3) is 10.8 Å². The van der Waals surface area contributed by atoms with Crippen LogP contribution < -0.4 is 11.1 Å². The van der Waals surface area contributed by atoms with Crippen molar-refractivity contribution in [2.75, 3.05) is 0 Å². The smallest absolute Gasteiger partial charge is 0.274 e. The standard InChI is InChI=1S/C36H50N2O4Si/c1-23(22-39)27-13-14-28-33(27,5)17-16-29-34(6)18-15-24(42-43(7,8)32(2,3)4)21-35(34)19-20-36(28,29)38-31(41)26-12-10-9-11-25(26)30(40)37(35)38/h9-12,19-20,22-24,27-29H,13-18,21H2,1-8H3/t23-,24+,27+,28+,29-,33-,34-,35+,36+/m1/s1. The summed E-state index contributed by atoms with van der Waals surface area (Å²) in [6.45, 7) is 18.4. The predicted molar refractivity (Wildman–Crippen MR) is 174 cm³/mol. The van der Waals surface area contributed by atoms with E-state index in [0.29, 0.717) is 17.2 Å². The Morgan fingerprint density at radius 2 is 1.58 bits per heavy atom. The molecule has 8 rings (SSSR count). The number of nitrogens with zero attached hydrogens (tertiary/aromatic N) is 2. The zero-order valence-corrected chi connectivity index (χ0v) is 28.4. The number of rotatable bonds is 4. The first-order valence-corrected chi connectivity index (χ1v) is 19.6. The van der Waals surface area contributed by atoms with E-state index >= 15 is 0 Å². The second-order valence-corrected chi connectivity index (χ2v) is 21.7. The molecule has 9 atom stereocenters. The van der Waals surface area contributed by atoms with Gasteiger partial charge in [0.2, 0.25) is 0 Å². The van der Waals surface area contributed by atoms with Gasteiger partial charge in [-0.3, -0.25) is 9.59 Å². The molecule has 43 heavy (non-hydrogen) atoms. The summed E-state index contributed by atoms with van der Waals surface area (Å²) in [5.41, 5.74) is -1.59. The molecule has 0 N–H and O–H groups in total. The Balaban J connectivity index is 1.50. The Hall–Kier alpha value is -2.25. The molecule has 1 aromatic heterocycles. The average Bonchev–Trinajstić information content (AvgIpc) is 3.32. The van der Waals surface area contributed by atoms with Crippen LogP contribution in [-0.4, -0.2) is 30.1 Å². The van der Waals surface area contributed by atoms with Crippen molar-refractivity contribution >= 4 is 25.4 Å². The lowest BCUT2D eigenvalue weighted by Gasteiger charge is -2.72. The third kappa shape index (κ3) is 3.42. The van der Waals surface area contributed by atoms with Crippen molar-refractivity contribution in [3.05, 3.63) is 57.1 Å². The molecule has 0 amide bonds. The number of aldehydes is 1. The van der Waals surface area contributed by atoms with Crippen LogP contribution in [0, 0.1) is 34.5 Å². The Morgan fingerprint density at radius 1 is 0.930 bits per heavy atom. The van der Waals surface area contributed by atoms with E-state index in [0.717, 1.165) is 44.8 Å². The van der Waals surface area contributed by atoms with Gasteiger partial charge in [-0.1, -0.05) is 65.8 Å². The molecular formula is C36H50N2O4Si. The highest BCUT2D eigenvalue weighted by atomic mass is 28.4. The molecule has 0 saturated heterocycles. The van der Waals surface area contributed by atoms with E-state index < -0.39 is 19.4 Å². The molecular weight excluding hydrogens is 552 g/mol. The van der Waals surface area contributed by atoms with Crippen molar-refractivity contribution in [2.45, 2.75) is 122 Å². The maximum absolute atomic E-state index is 14.8. The van der Waals surface area contributed by atoms with Gasteiger partial charge >= 0.3 is 0 Å². The molecule has 2 bridgehead atoms. The number of hydrogen-bond donors (Lipinski definition) is 0. The summed E-state index contributed by atoms with van der Waals surface area (Å²) in [5, 5.41) is 1.12. The van der Waals surface area contributed by atoms with E-state index in [9.17, 15) is 14.4 Å². The number of aromatic nitrogens is 2. The third-order valence-electron chi connectivity index (χ3n) is 14.2. The molecule has 4 aliphatic carbocycles. The SMILES string of the molecule is C[C@H](C=O)[C@@H]1CC[C@H]2[C@]1(C)CC[C@H]1[C@]23C=C[C@@]2(C[C@@H](O[Si](C)(C)C(C)(C)C)CC[C@]12C)n1c(=O)c2ccccc2c(=O)n13. The molecule has 0 radical (unpaired) electrons. The molecule has 3 saturated carbocycles. The van der Waals surface area contributed by atoms with Crippen LogP contribution in [0.5, 0.6) is 0 Å². The highest BCUT2D eigenvalue weighted by Crippen LogP contribution is 2.74. The fourth-order valence-electron chi connectivity index (χ4n) is 11.1. The predicted octanol–water partition coefficient (Wildman–Crippen LogP) is 7.00. The van der Waals surface area contributed by atoms with Gasteiger partial charge in [0, 0.05) is 23.9 Å². The second kappa shape index (κ2) is 8.93. The number of carbonyl (C=O) groups is 1. The summed E-state index contributed by atoms with van der Waals surface area (Å²) < 4.78 is 11.0. The van der Waals surface area contributed by atoms with Gasteiger partial charge in [-0.2, -0.15) is 0 Å². The molecule has 2 aliphatic heterocycles. The molecule has 1 aromatic carbocycles. The van der Waals surface area contributed by atoms with Gasteiger partial charge in [0.15, 0.2) is 8.32 Å². The van der Waals surface area contributed by atoms with Crippen LogP contribution >= 0.6 is 0 Å². The summed E-state index contributed by atoms with van der Waals surface area (Å²) >= 11 is 0. The summed E-state index contributed by atoms with van der Waals surface area (Å²) in [6.07, 6.45) is 12.6. The van der Waals surface area contributed by atoms with Crippen LogP contribution in [0.2, 0.25) is 18.1 Å². The lowest BCUT2D eigenvalue weighted by atomic mass is 9.40. The van der Waals surface area contributed by atoms with Crippen molar-refractivity contribution < 1.29 is 9.22 Å². The van der Waals surface area contributed by atoms with Crippen molar-refractivity contribution in [2.24, 2.45) is 34.5 Å². The number of allylic oxidation sites excluding steroid dienone is 2. The van der Waals surface area contributed by atoms with Crippen LogP contribution in [0.1, 0.15) is 86.5 Å². The summed E-state index contributed by atoms with van der Waals surface area (Å²) in [4.78, 5) is 41.7. The summed E-state index contributed by atoms with van der Waals surface area (Å²) in [6, 6.07) is 7.41. The maximum Gasteiger partial charge on any atom is 0.274 e. The highest BCUT2D eigenvalue weighted by molar-refractivity contribution is 6.74. The van der Waals surface area contributed by atoms with E-state index in [-0.39, 0.29) is 56.8 Å². The zero-order chi connectivity index (χ0) is 31.0. The first-order chi connectivity index (χ1) is 20.1. The lowest BCUT2D eigenvalue weighted by Crippen LogP contribution is -2.78. The molecule has 2 aromatic rings. The van der Waals surface area contributed by atoms with Gasteiger partial charge in [0.05, 0.1) is 21.9 Å².